The topological polar surface area (TPSA) is 30.2 Å². The number of hydrogen-bond donors (Lipinski definition) is 0. The van der Waals surface area contributed by atoms with Gasteiger partial charge in [-0.15, -0.1) is 0 Å². The molecule has 2 nitrogen and oxygen atoms in total. The van der Waals surface area contributed by atoms with Gasteiger partial charge in [0.05, 0.1) is 0 Å². The quantitative estimate of drug-likeness (QED) is 0.790. The first-order chi connectivity index (χ1) is 8.25. The average molecular weight is 262 g/mol. The molecule has 84 valence electrons. The summed E-state index contributed by atoms with van der Waals surface area (Å²) in [5.74, 6) is 0.993. The van der Waals surface area contributed by atoms with Gasteiger partial charge in [0.1, 0.15) is 0 Å². The zero-order valence-electron chi connectivity index (χ0n) is 9.10. The molecule has 1 heterocycles. The van der Waals surface area contributed by atoms with Crippen LogP contribution in [0.2, 0.25) is 0 Å². The van der Waals surface area contributed by atoms with E-state index >= 15 is 0 Å². The number of carbonyl (C=O) groups excluding carboxylic acids is 1. The van der Waals surface area contributed by atoms with Gasteiger partial charge in [0.15, 0.2) is 0 Å². The molecule has 1 aliphatic carbocycles. The Morgan fingerprint density at radius 1 is 1.12 bits per heavy atom. The van der Waals surface area contributed by atoms with Crippen LogP contribution >= 0.6 is 0 Å². The monoisotopic (exact) mass is 262 g/mol. The standard InChI is InChI=1S/C14H10O2.Cr/c15-12-6-7-13-14(12)11(8-9-16-13)10-4-2-1-3-5-10;/h1-5,8H,6-7H2;. The van der Waals surface area contributed by atoms with Gasteiger partial charge < -0.3 is 0 Å². The van der Waals surface area contributed by atoms with E-state index in [0.29, 0.717) is 12.8 Å². The molecule has 0 N–H and O–H groups in total. The Kier molecular flexibility index (Phi) is 2.59. The van der Waals surface area contributed by atoms with Crippen molar-refractivity contribution in [1.82, 2.24) is 0 Å². The first-order valence-corrected chi connectivity index (χ1v) is 6.15. The maximum atomic E-state index is 11.9. The van der Waals surface area contributed by atoms with Crippen LogP contribution in [-0.2, 0) is 22.3 Å². The molecule has 17 heavy (non-hydrogen) atoms. The molecular weight excluding hydrogens is 252 g/mol. The van der Waals surface area contributed by atoms with Gasteiger partial charge in [-0.3, -0.25) is 0 Å². The number of benzene rings is 1. The number of fused-ring (bicyclic) bond motifs is 1. The molecule has 0 unspecified atom stereocenters. The first-order valence-electron chi connectivity index (χ1n) is 5.51. The van der Waals surface area contributed by atoms with E-state index in [9.17, 15) is 4.79 Å². The Balaban J connectivity index is 2.31. The molecule has 0 bridgehead atoms. The van der Waals surface area contributed by atoms with Gasteiger partial charge >= 0.3 is 107 Å². The Morgan fingerprint density at radius 2 is 1.88 bits per heavy atom. The number of hydrogen-bond acceptors (Lipinski definition) is 2. The molecule has 0 radical (unpaired) electrons. The van der Waals surface area contributed by atoms with E-state index in [4.69, 9.17) is 4.42 Å². The van der Waals surface area contributed by atoms with Crippen molar-refractivity contribution in [2.24, 2.45) is 0 Å². The van der Waals surface area contributed by atoms with Gasteiger partial charge in [-0.05, 0) is 0 Å². The summed E-state index contributed by atoms with van der Waals surface area (Å²) in [7, 11) is 0. The van der Waals surface area contributed by atoms with E-state index < -0.39 is 0 Å². The van der Waals surface area contributed by atoms with Crippen molar-refractivity contribution < 1.29 is 25.1 Å². The van der Waals surface area contributed by atoms with Crippen molar-refractivity contribution in [3.8, 4) is 11.1 Å². The van der Waals surface area contributed by atoms with Crippen molar-refractivity contribution >= 4 is 5.78 Å². The van der Waals surface area contributed by atoms with Crippen LogP contribution in [0.4, 0.5) is 0 Å². The molecule has 3 rings (SSSR count). The number of ketones is 1. The van der Waals surface area contributed by atoms with E-state index in [0.717, 1.165) is 26.7 Å². The third-order valence-electron chi connectivity index (χ3n) is 2.98. The SMILES string of the molecule is O=C1CCc2o[c](=[Cr])cc(-c3ccccc3)c21. The van der Waals surface area contributed by atoms with Crippen LogP contribution in [0.25, 0.3) is 11.1 Å². The summed E-state index contributed by atoms with van der Waals surface area (Å²) in [5, 5.41) is 0. The van der Waals surface area contributed by atoms with Crippen LogP contribution in [0.5, 0.6) is 0 Å². The van der Waals surface area contributed by atoms with Gasteiger partial charge in [0, 0.05) is 0 Å². The molecule has 3 heteroatoms. The van der Waals surface area contributed by atoms with E-state index in [1.807, 2.05) is 36.4 Å². The predicted molar refractivity (Wildman–Crippen MR) is 60.0 cm³/mol. The van der Waals surface area contributed by atoms with Gasteiger partial charge in [0.25, 0.3) is 0 Å². The second-order valence-electron chi connectivity index (χ2n) is 4.07. The Bertz CT molecular complexity index is 641. The molecule has 0 saturated carbocycles. The van der Waals surface area contributed by atoms with Crippen LogP contribution in [0, 0.1) is 4.22 Å². The number of aryl methyl sites for hydroxylation is 1. The van der Waals surface area contributed by atoms with Crippen LogP contribution in [0.15, 0.2) is 40.8 Å². The molecule has 0 amide bonds. The van der Waals surface area contributed by atoms with E-state index in [-0.39, 0.29) is 5.78 Å². The van der Waals surface area contributed by atoms with E-state index in [1.165, 1.54) is 0 Å². The van der Waals surface area contributed by atoms with Crippen molar-refractivity contribution in [3.63, 3.8) is 0 Å². The summed E-state index contributed by atoms with van der Waals surface area (Å²) in [5.41, 5.74) is 2.80. The molecule has 1 aromatic carbocycles. The number of rotatable bonds is 1. The minimum absolute atomic E-state index is 0.183. The Hall–Kier alpha value is -1.43. The van der Waals surface area contributed by atoms with Crippen molar-refractivity contribution in [1.29, 1.82) is 0 Å². The van der Waals surface area contributed by atoms with Crippen LogP contribution in [-0.4, -0.2) is 5.78 Å². The second-order valence-corrected chi connectivity index (χ2v) is 4.69. The van der Waals surface area contributed by atoms with Crippen molar-refractivity contribution in [3.05, 3.63) is 51.9 Å². The molecule has 1 aliphatic rings. The predicted octanol–water partition coefficient (Wildman–Crippen LogP) is 3.15. The molecule has 2 aromatic rings. The van der Waals surface area contributed by atoms with Crippen LogP contribution in [0.3, 0.4) is 0 Å². The van der Waals surface area contributed by atoms with Crippen LogP contribution < -0.4 is 0 Å². The second kappa shape index (κ2) is 4.10. The van der Waals surface area contributed by atoms with Gasteiger partial charge in [-0.1, -0.05) is 0 Å². The van der Waals surface area contributed by atoms with E-state index in [1.54, 1.807) is 0 Å². The number of Topliss-reactive ketones (excluding diaryl/α,β-unsaturated/α-hetero) is 1. The summed E-state index contributed by atoms with van der Waals surface area (Å²) in [6.07, 6.45) is 1.27. The third-order valence-corrected chi connectivity index (χ3v) is 3.29. The normalized spacial score (nSPS) is 13.8. The fraction of sp³-hybridized carbons (Fsp3) is 0.143. The molecule has 0 atom stereocenters. The molecule has 0 saturated heterocycles. The molecule has 0 fully saturated rings. The molecular formula is C14H10CrO2. The summed E-state index contributed by atoms with van der Waals surface area (Å²) < 4.78 is 6.31. The Labute approximate surface area is 107 Å². The third kappa shape index (κ3) is 1.82. The zero-order valence-corrected chi connectivity index (χ0v) is 10.4. The Morgan fingerprint density at radius 3 is 2.65 bits per heavy atom. The fourth-order valence-electron chi connectivity index (χ4n) is 2.22. The summed E-state index contributed by atoms with van der Waals surface area (Å²) in [6.45, 7) is 0. The van der Waals surface area contributed by atoms with Gasteiger partial charge in [-0.2, -0.15) is 0 Å². The van der Waals surface area contributed by atoms with E-state index in [2.05, 4.69) is 15.9 Å². The summed E-state index contributed by atoms with van der Waals surface area (Å²) in [4.78, 5) is 11.9. The molecule has 0 aliphatic heterocycles. The minimum atomic E-state index is 0.183. The fourth-order valence-corrected chi connectivity index (χ4v) is 2.56. The summed E-state index contributed by atoms with van der Waals surface area (Å²) >= 11 is 2.88. The molecule has 0 spiro atoms. The average Bonchev–Trinajstić information content (AvgIpc) is 2.71. The van der Waals surface area contributed by atoms with Gasteiger partial charge in [0.2, 0.25) is 0 Å². The van der Waals surface area contributed by atoms with Crippen molar-refractivity contribution in [2.75, 3.05) is 0 Å². The number of carbonyl (C=O) groups is 1. The first kappa shape index (κ1) is 10.7. The zero-order chi connectivity index (χ0) is 11.8. The van der Waals surface area contributed by atoms with Crippen LogP contribution in [0.1, 0.15) is 22.5 Å². The molecule has 1 aromatic heterocycles. The van der Waals surface area contributed by atoms with Gasteiger partial charge in [-0.25, -0.2) is 0 Å². The maximum absolute atomic E-state index is 11.9. The van der Waals surface area contributed by atoms with Crippen molar-refractivity contribution in [2.45, 2.75) is 12.8 Å². The summed E-state index contributed by atoms with van der Waals surface area (Å²) in [6, 6.07) is 11.9.